The molecule has 0 aliphatic carbocycles. The van der Waals surface area contributed by atoms with Crippen molar-refractivity contribution >= 4 is 21.9 Å². The van der Waals surface area contributed by atoms with Gasteiger partial charge in [0, 0.05) is 48.9 Å². The minimum atomic E-state index is -4.06. The predicted molar refractivity (Wildman–Crippen MR) is 158 cm³/mol. The first kappa shape index (κ1) is 29.7. The van der Waals surface area contributed by atoms with E-state index in [9.17, 15) is 17.6 Å². The Labute approximate surface area is 243 Å². The van der Waals surface area contributed by atoms with Crippen molar-refractivity contribution < 1.29 is 22.3 Å². The molecule has 3 atom stereocenters. The molecule has 1 aromatic heterocycles. The van der Waals surface area contributed by atoms with Crippen LogP contribution in [0.2, 0.25) is 0 Å². The molecule has 3 aliphatic heterocycles. The molecule has 0 saturated carbocycles. The fourth-order valence-electron chi connectivity index (χ4n) is 6.37. The largest absolute Gasteiger partial charge is 0.493 e. The molecular weight excluding hydrogens is 545 g/mol. The second-order valence-electron chi connectivity index (χ2n) is 12.9. The van der Waals surface area contributed by atoms with E-state index in [4.69, 9.17) is 9.72 Å². The number of benzene rings is 1. The lowest BCUT2D eigenvalue weighted by molar-refractivity contribution is 0.0979. The smallest absolute Gasteiger partial charge is 0.304 e. The Balaban J connectivity index is 1.48. The first-order valence-corrected chi connectivity index (χ1v) is 16.1. The van der Waals surface area contributed by atoms with E-state index in [0.29, 0.717) is 67.4 Å². The molecule has 2 bridgehead atoms. The first-order chi connectivity index (χ1) is 19.3. The molecule has 0 radical (unpaired) electrons. The fraction of sp³-hybridized carbons (Fsp3) is 0.600. The van der Waals surface area contributed by atoms with Crippen molar-refractivity contribution in [2.24, 2.45) is 11.8 Å². The van der Waals surface area contributed by atoms with Crippen LogP contribution in [0.4, 0.5) is 10.2 Å². The van der Waals surface area contributed by atoms with Crippen molar-refractivity contribution in [1.82, 2.24) is 19.3 Å². The SMILES string of the molecule is CC(C)COc1cc(F)cc(-c2ccc(C(=O)NS(=O)(=O)N3CCC4CCC(C3)N4)c(N3C[C@@H](C)CC3(C)C)n2)c1. The third kappa shape index (κ3) is 6.67. The third-order valence-corrected chi connectivity index (χ3v) is 9.70. The van der Waals surface area contributed by atoms with Gasteiger partial charge in [0.1, 0.15) is 17.4 Å². The standard InChI is InChI=1S/C30H42FN5O4S/c1-19(2)18-40-25-13-21(12-22(31)14-25)27-9-8-26(28(33-27)36-16-20(3)15-30(36,4)5)29(37)34-41(38,39)35-11-10-23-6-7-24(17-35)32-23/h8-9,12-14,19-20,23-24,32H,6-7,10-11,15-18H2,1-5H3,(H,34,37)/t20-,23?,24?/m0/s1. The predicted octanol–water partition coefficient (Wildman–Crippen LogP) is 4.35. The zero-order valence-corrected chi connectivity index (χ0v) is 25.4. The molecule has 9 nitrogen and oxygen atoms in total. The van der Waals surface area contributed by atoms with Gasteiger partial charge in [-0.3, -0.25) is 4.79 Å². The van der Waals surface area contributed by atoms with Crippen molar-refractivity contribution in [3.63, 3.8) is 0 Å². The van der Waals surface area contributed by atoms with Gasteiger partial charge in [0.15, 0.2) is 0 Å². The molecule has 5 rings (SSSR count). The lowest BCUT2D eigenvalue weighted by Crippen LogP contribution is -2.47. The zero-order chi connectivity index (χ0) is 29.5. The molecule has 41 heavy (non-hydrogen) atoms. The number of nitrogens with zero attached hydrogens (tertiary/aromatic N) is 3. The van der Waals surface area contributed by atoms with E-state index in [1.54, 1.807) is 18.2 Å². The van der Waals surface area contributed by atoms with Crippen LogP contribution in [-0.2, 0) is 10.2 Å². The van der Waals surface area contributed by atoms with Crippen molar-refractivity contribution in [3.05, 3.63) is 41.7 Å². The molecule has 2 N–H and O–H groups in total. The normalized spacial score (nSPS) is 24.5. The maximum atomic E-state index is 14.6. The van der Waals surface area contributed by atoms with Gasteiger partial charge < -0.3 is 15.0 Å². The van der Waals surface area contributed by atoms with Crippen LogP contribution >= 0.6 is 0 Å². The van der Waals surface area contributed by atoms with E-state index in [2.05, 4.69) is 35.7 Å². The Bertz CT molecular complexity index is 1400. The lowest BCUT2D eigenvalue weighted by atomic mass is 9.97. The molecule has 3 aliphatic rings. The number of halogens is 1. The van der Waals surface area contributed by atoms with E-state index in [1.807, 2.05) is 13.8 Å². The highest BCUT2D eigenvalue weighted by Gasteiger charge is 2.40. The highest BCUT2D eigenvalue weighted by Crippen LogP contribution is 2.38. The topological polar surface area (TPSA) is 104 Å². The lowest BCUT2D eigenvalue weighted by Gasteiger charge is -2.34. The van der Waals surface area contributed by atoms with Gasteiger partial charge >= 0.3 is 10.2 Å². The summed E-state index contributed by atoms with van der Waals surface area (Å²) >= 11 is 0. The van der Waals surface area contributed by atoms with Gasteiger partial charge in [-0.1, -0.05) is 20.8 Å². The molecule has 3 fully saturated rings. The van der Waals surface area contributed by atoms with Crippen LogP contribution in [0, 0.1) is 17.7 Å². The second kappa shape index (κ2) is 11.5. The average Bonchev–Trinajstić information content (AvgIpc) is 3.36. The van der Waals surface area contributed by atoms with Crippen LogP contribution in [0.3, 0.4) is 0 Å². The second-order valence-corrected chi connectivity index (χ2v) is 14.6. The van der Waals surface area contributed by atoms with Gasteiger partial charge in [0.2, 0.25) is 0 Å². The van der Waals surface area contributed by atoms with Gasteiger partial charge in [0.05, 0.1) is 17.9 Å². The van der Waals surface area contributed by atoms with Crippen molar-refractivity contribution in [3.8, 4) is 17.0 Å². The van der Waals surface area contributed by atoms with Crippen LogP contribution in [0.1, 0.15) is 70.7 Å². The molecule has 2 aromatic rings. The Morgan fingerprint density at radius 1 is 1.17 bits per heavy atom. The summed E-state index contributed by atoms with van der Waals surface area (Å²) in [5.74, 6) is 0.238. The highest BCUT2D eigenvalue weighted by molar-refractivity contribution is 7.87. The molecule has 3 saturated heterocycles. The molecule has 4 heterocycles. The monoisotopic (exact) mass is 587 g/mol. The number of anilines is 1. The highest BCUT2D eigenvalue weighted by atomic mass is 32.2. The van der Waals surface area contributed by atoms with Gasteiger partial charge in [0.25, 0.3) is 5.91 Å². The van der Waals surface area contributed by atoms with Crippen molar-refractivity contribution in [2.75, 3.05) is 31.1 Å². The molecule has 1 amide bonds. The van der Waals surface area contributed by atoms with Crippen molar-refractivity contribution in [1.29, 1.82) is 0 Å². The van der Waals surface area contributed by atoms with Crippen LogP contribution in [0.25, 0.3) is 11.3 Å². The summed E-state index contributed by atoms with van der Waals surface area (Å²) in [5.41, 5.74) is 0.837. The van der Waals surface area contributed by atoms with E-state index in [-0.39, 0.29) is 23.1 Å². The number of carbonyl (C=O) groups excluding carboxylic acids is 1. The Morgan fingerprint density at radius 2 is 1.93 bits per heavy atom. The Morgan fingerprint density at radius 3 is 2.63 bits per heavy atom. The summed E-state index contributed by atoms with van der Waals surface area (Å²) in [5, 5.41) is 3.47. The van der Waals surface area contributed by atoms with Crippen LogP contribution in [0.5, 0.6) is 5.75 Å². The van der Waals surface area contributed by atoms with E-state index >= 15 is 0 Å². The number of aromatic nitrogens is 1. The van der Waals surface area contributed by atoms with Crippen LogP contribution in [0.15, 0.2) is 30.3 Å². The number of nitrogens with one attached hydrogen (secondary N) is 2. The Kier molecular flexibility index (Phi) is 8.33. The number of pyridine rings is 1. The van der Waals surface area contributed by atoms with E-state index in [0.717, 1.165) is 19.3 Å². The van der Waals surface area contributed by atoms with Gasteiger partial charge in [-0.05, 0) is 75.6 Å². The zero-order valence-electron chi connectivity index (χ0n) is 24.6. The minimum Gasteiger partial charge on any atom is -0.493 e. The van der Waals surface area contributed by atoms with E-state index < -0.39 is 21.9 Å². The minimum absolute atomic E-state index is 0.0956. The third-order valence-electron chi connectivity index (χ3n) is 8.25. The number of rotatable bonds is 8. The maximum Gasteiger partial charge on any atom is 0.304 e. The quantitative estimate of drug-likeness (QED) is 0.473. The molecule has 224 valence electrons. The van der Waals surface area contributed by atoms with Gasteiger partial charge in [-0.15, -0.1) is 0 Å². The van der Waals surface area contributed by atoms with Gasteiger partial charge in [-0.2, -0.15) is 12.7 Å². The average molecular weight is 588 g/mol. The summed E-state index contributed by atoms with van der Waals surface area (Å²) < 4.78 is 50.8. The van der Waals surface area contributed by atoms with E-state index in [1.165, 1.54) is 16.4 Å². The number of hydrogen-bond donors (Lipinski definition) is 2. The number of ether oxygens (including phenoxy) is 1. The van der Waals surface area contributed by atoms with Crippen molar-refractivity contribution in [2.45, 2.75) is 77.9 Å². The number of fused-ring (bicyclic) bond motifs is 2. The molecule has 0 spiro atoms. The summed E-state index contributed by atoms with van der Waals surface area (Å²) in [6.45, 7) is 12.1. The molecule has 11 heteroatoms. The molecule has 2 unspecified atom stereocenters. The van der Waals surface area contributed by atoms with Crippen LogP contribution in [-0.4, -0.2) is 67.5 Å². The molecule has 1 aromatic carbocycles. The molecular formula is C30H42FN5O4S. The fourth-order valence-corrected chi connectivity index (χ4v) is 7.57. The number of carbonyl (C=O) groups is 1. The van der Waals surface area contributed by atoms with Gasteiger partial charge in [-0.25, -0.2) is 14.1 Å². The first-order valence-electron chi connectivity index (χ1n) is 14.6. The summed E-state index contributed by atoms with van der Waals surface area (Å²) in [4.78, 5) is 20.6. The Hall–Kier alpha value is -2.76. The number of amides is 1. The summed E-state index contributed by atoms with van der Waals surface area (Å²) in [6.07, 6.45) is 3.57. The number of hydrogen-bond acceptors (Lipinski definition) is 7. The summed E-state index contributed by atoms with van der Waals surface area (Å²) in [7, 11) is -4.06. The van der Waals surface area contributed by atoms with Crippen LogP contribution < -0.4 is 19.7 Å². The maximum absolute atomic E-state index is 14.6. The summed E-state index contributed by atoms with van der Waals surface area (Å²) in [6, 6.07) is 8.10.